The van der Waals surface area contributed by atoms with E-state index in [4.69, 9.17) is 4.74 Å². The van der Waals surface area contributed by atoms with Gasteiger partial charge in [-0.1, -0.05) is 18.2 Å². The van der Waals surface area contributed by atoms with Crippen molar-refractivity contribution in [3.05, 3.63) is 29.8 Å². The molecule has 1 aromatic carbocycles. The number of guanidine groups is 1. The second-order valence-electron chi connectivity index (χ2n) is 7.42. The number of methoxy groups -OCH3 is 1. The number of likely N-dealkylation sites (tertiary alicyclic amines) is 1. The highest BCUT2D eigenvalue weighted by molar-refractivity contribution is 5.81. The summed E-state index contributed by atoms with van der Waals surface area (Å²) in [6, 6.07) is 8.08. The molecule has 156 valence electrons. The number of amides is 1. The molecule has 0 spiro atoms. The molecule has 1 aromatic rings. The maximum atomic E-state index is 12.3. The zero-order chi connectivity index (χ0) is 20.5. The number of hydrogen-bond acceptors (Lipinski definition) is 4. The second-order valence-corrected chi connectivity index (χ2v) is 7.42. The number of carbonyl (C=O) groups is 1. The standard InChI is InChI=1S/C21H35N5O2/c1-22-21(25(4)16-17-10-6-7-12-19(17)28-5)23-13-9-15-26-14-8-11-18(26)20(27)24(2)3/h6-7,10,12,18H,8-9,11,13-16H2,1-5H3,(H,22,23). The van der Waals surface area contributed by atoms with Crippen LogP contribution in [0.5, 0.6) is 5.75 Å². The van der Waals surface area contributed by atoms with Crippen LogP contribution in [0.3, 0.4) is 0 Å². The van der Waals surface area contributed by atoms with Gasteiger partial charge in [0, 0.05) is 53.4 Å². The van der Waals surface area contributed by atoms with Crippen molar-refractivity contribution >= 4 is 11.9 Å². The van der Waals surface area contributed by atoms with Crippen molar-refractivity contribution < 1.29 is 9.53 Å². The number of aliphatic imine (C=N–C) groups is 1. The Morgan fingerprint density at radius 3 is 2.75 bits per heavy atom. The normalized spacial score (nSPS) is 17.5. The van der Waals surface area contributed by atoms with Crippen LogP contribution in [0.4, 0.5) is 0 Å². The molecule has 2 rings (SSSR count). The highest BCUT2D eigenvalue weighted by Crippen LogP contribution is 2.19. The third-order valence-electron chi connectivity index (χ3n) is 5.17. The summed E-state index contributed by atoms with van der Waals surface area (Å²) >= 11 is 0. The minimum atomic E-state index is 0.0440. The molecule has 28 heavy (non-hydrogen) atoms. The predicted octanol–water partition coefficient (Wildman–Crippen LogP) is 1.65. The number of hydrogen-bond donors (Lipinski definition) is 1. The van der Waals surface area contributed by atoms with Crippen molar-refractivity contribution in [3.8, 4) is 5.75 Å². The van der Waals surface area contributed by atoms with Crippen molar-refractivity contribution in [1.29, 1.82) is 0 Å². The van der Waals surface area contributed by atoms with Gasteiger partial charge in [0.05, 0.1) is 13.2 Å². The number of likely N-dealkylation sites (N-methyl/N-ethyl adjacent to an activating group) is 1. The molecule has 7 nitrogen and oxygen atoms in total. The molecule has 1 saturated heterocycles. The number of carbonyl (C=O) groups excluding carboxylic acids is 1. The average molecular weight is 390 g/mol. The molecule has 0 aliphatic carbocycles. The highest BCUT2D eigenvalue weighted by atomic mass is 16.5. The van der Waals surface area contributed by atoms with Gasteiger partial charge in [0.1, 0.15) is 5.75 Å². The zero-order valence-corrected chi connectivity index (χ0v) is 17.9. The lowest BCUT2D eigenvalue weighted by molar-refractivity contribution is -0.133. The number of rotatable bonds is 8. The van der Waals surface area contributed by atoms with Crippen molar-refractivity contribution in [3.63, 3.8) is 0 Å². The number of nitrogens with zero attached hydrogens (tertiary/aromatic N) is 4. The first-order chi connectivity index (χ1) is 13.5. The van der Waals surface area contributed by atoms with E-state index in [-0.39, 0.29) is 11.9 Å². The molecular weight excluding hydrogens is 354 g/mol. The molecule has 0 radical (unpaired) electrons. The number of ether oxygens (including phenoxy) is 1. The van der Waals surface area contributed by atoms with E-state index in [0.717, 1.165) is 62.7 Å². The van der Waals surface area contributed by atoms with Crippen LogP contribution >= 0.6 is 0 Å². The van der Waals surface area contributed by atoms with Crippen LogP contribution in [0.2, 0.25) is 0 Å². The van der Waals surface area contributed by atoms with Crippen LogP contribution in [0, 0.1) is 0 Å². The Bertz CT molecular complexity index is 662. The number of nitrogens with one attached hydrogen (secondary N) is 1. The van der Waals surface area contributed by atoms with E-state index in [0.29, 0.717) is 0 Å². The highest BCUT2D eigenvalue weighted by Gasteiger charge is 2.30. The van der Waals surface area contributed by atoms with Crippen LogP contribution < -0.4 is 10.1 Å². The van der Waals surface area contributed by atoms with Crippen molar-refractivity contribution in [2.45, 2.75) is 31.8 Å². The van der Waals surface area contributed by atoms with E-state index in [2.05, 4.69) is 26.2 Å². The Morgan fingerprint density at radius 1 is 1.32 bits per heavy atom. The summed E-state index contributed by atoms with van der Waals surface area (Å²) in [6.07, 6.45) is 3.04. The first kappa shape index (κ1) is 22.0. The smallest absolute Gasteiger partial charge is 0.239 e. The Balaban J connectivity index is 1.80. The molecular formula is C21H35N5O2. The maximum absolute atomic E-state index is 12.3. The average Bonchev–Trinajstić information content (AvgIpc) is 3.16. The Kier molecular flexibility index (Phi) is 8.57. The molecule has 0 saturated carbocycles. The predicted molar refractivity (Wildman–Crippen MR) is 114 cm³/mol. The number of para-hydroxylation sites is 1. The minimum Gasteiger partial charge on any atom is -0.496 e. The summed E-state index contributed by atoms with van der Waals surface area (Å²) in [6.45, 7) is 3.47. The lowest BCUT2D eigenvalue weighted by Crippen LogP contribution is -2.44. The lowest BCUT2D eigenvalue weighted by Gasteiger charge is -2.26. The molecule has 1 aliphatic rings. The van der Waals surface area contributed by atoms with E-state index < -0.39 is 0 Å². The monoisotopic (exact) mass is 389 g/mol. The summed E-state index contributed by atoms with van der Waals surface area (Å²) in [4.78, 5) is 22.8. The Hall–Kier alpha value is -2.28. The van der Waals surface area contributed by atoms with Crippen LogP contribution in [-0.4, -0.2) is 87.5 Å². The number of benzene rings is 1. The first-order valence-corrected chi connectivity index (χ1v) is 9.96. The Labute approximate surface area is 169 Å². The maximum Gasteiger partial charge on any atom is 0.239 e. The molecule has 1 unspecified atom stereocenters. The zero-order valence-electron chi connectivity index (χ0n) is 17.9. The fourth-order valence-electron chi connectivity index (χ4n) is 3.70. The van der Waals surface area contributed by atoms with E-state index >= 15 is 0 Å². The van der Waals surface area contributed by atoms with Gasteiger partial charge in [-0.3, -0.25) is 14.7 Å². The molecule has 1 atom stereocenters. The van der Waals surface area contributed by atoms with Crippen molar-refractivity contribution in [2.75, 3.05) is 54.9 Å². The largest absolute Gasteiger partial charge is 0.496 e. The minimum absolute atomic E-state index is 0.0440. The molecule has 1 aliphatic heterocycles. The fraction of sp³-hybridized carbons (Fsp3) is 0.619. The third-order valence-corrected chi connectivity index (χ3v) is 5.17. The van der Waals surface area contributed by atoms with Gasteiger partial charge in [-0.2, -0.15) is 0 Å². The molecule has 1 amide bonds. The summed E-state index contributed by atoms with van der Waals surface area (Å²) in [5.74, 6) is 1.96. The van der Waals surface area contributed by atoms with E-state index in [1.807, 2.05) is 39.3 Å². The van der Waals surface area contributed by atoms with Crippen LogP contribution in [0.25, 0.3) is 0 Å². The van der Waals surface area contributed by atoms with Gasteiger partial charge in [-0.15, -0.1) is 0 Å². The van der Waals surface area contributed by atoms with E-state index in [1.54, 1.807) is 19.1 Å². The SMILES string of the molecule is CN=C(NCCCN1CCCC1C(=O)N(C)C)N(C)Cc1ccccc1OC. The van der Waals surface area contributed by atoms with Gasteiger partial charge in [0.25, 0.3) is 0 Å². The molecule has 7 heteroatoms. The molecule has 1 fully saturated rings. The molecule has 0 aromatic heterocycles. The molecule has 0 bridgehead atoms. The summed E-state index contributed by atoms with van der Waals surface area (Å²) in [5.41, 5.74) is 1.12. The quantitative estimate of drug-likeness (QED) is 0.416. The van der Waals surface area contributed by atoms with Crippen LogP contribution in [0.1, 0.15) is 24.8 Å². The van der Waals surface area contributed by atoms with E-state index in [1.165, 1.54) is 0 Å². The van der Waals surface area contributed by atoms with Gasteiger partial charge in [-0.05, 0) is 31.9 Å². The lowest BCUT2D eigenvalue weighted by atomic mass is 10.2. The van der Waals surface area contributed by atoms with Crippen molar-refractivity contribution in [2.24, 2.45) is 4.99 Å². The summed E-state index contributed by atoms with van der Waals surface area (Å²) in [5, 5.41) is 3.43. The van der Waals surface area contributed by atoms with Crippen LogP contribution in [0.15, 0.2) is 29.3 Å². The third kappa shape index (κ3) is 5.86. The molecule has 1 N–H and O–H groups in total. The fourth-order valence-corrected chi connectivity index (χ4v) is 3.70. The second kappa shape index (κ2) is 10.9. The summed E-state index contributed by atoms with van der Waals surface area (Å²) in [7, 11) is 9.18. The Morgan fingerprint density at radius 2 is 2.07 bits per heavy atom. The molecule has 1 heterocycles. The van der Waals surface area contributed by atoms with Gasteiger partial charge in [0.15, 0.2) is 5.96 Å². The van der Waals surface area contributed by atoms with E-state index in [9.17, 15) is 4.79 Å². The van der Waals surface area contributed by atoms with Gasteiger partial charge in [-0.25, -0.2) is 0 Å². The van der Waals surface area contributed by atoms with Crippen molar-refractivity contribution in [1.82, 2.24) is 20.0 Å². The topological polar surface area (TPSA) is 60.4 Å². The van der Waals surface area contributed by atoms with Crippen LogP contribution in [-0.2, 0) is 11.3 Å². The first-order valence-electron chi connectivity index (χ1n) is 9.96. The van der Waals surface area contributed by atoms with Gasteiger partial charge < -0.3 is 19.9 Å². The van der Waals surface area contributed by atoms with Gasteiger partial charge in [0.2, 0.25) is 5.91 Å². The summed E-state index contributed by atoms with van der Waals surface area (Å²) < 4.78 is 5.44. The van der Waals surface area contributed by atoms with Gasteiger partial charge >= 0.3 is 0 Å².